The molecule has 0 fully saturated rings. The second kappa shape index (κ2) is 4.68. The van der Waals surface area contributed by atoms with E-state index in [-0.39, 0.29) is 16.2 Å². The number of hydrogen-bond donors (Lipinski definition) is 1. The summed E-state index contributed by atoms with van der Waals surface area (Å²) in [5.41, 5.74) is 10.8. The zero-order chi connectivity index (χ0) is 16.4. The molecule has 0 aromatic heterocycles. The molecular formula is C17H24B3N. The molecule has 0 bridgehead atoms. The molecule has 0 aliphatic heterocycles. The van der Waals surface area contributed by atoms with Crippen molar-refractivity contribution in [3.05, 3.63) is 16.7 Å². The van der Waals surface area contributed by atoms with E-state index in [0.29, 0.717) is 23.9 Å². The van der Waals surface area contributed by atoms with Gasteiger partial charge < -0.3 is 5.73 Å². The Labute approximate surface area is 133 Å². The molecule has 0 saturated carbocycles. The molecule has 0 amide bonds. The minimum Gasteiger partial charge on any atom is -0.330 e. The number of rotatable bonds is 2. The third-order valence-electron chi connectivity index (χ3n) is 6.50. The lowest BCUT2D eigenvalue weighted by Gasteiger charge is -2.45. The molecule has 1 aliphatic rings. The third kappa shape index (κ3) is 1.84. The van der Waals surface area contributed by atoms with Crippen molar-refractivity contribution in [1.82, 2.24) is 0 Å². The lowest BCUT2D eigenvalue weighted by Crippen LogP contribution is -2.44. The summed E-state index contributed by atoms with van der Waals surface area (Å²) in [5, 5.41) is 0. The summed E-state index contributed by atoms with van der Waals surface area (Å²) < 4.78 is 0. The maximum absolute atomic E-state index is 6.52. The second-order valence-electron chi connectivity index (χ2n) is 7.88. The smallest absolute Gasteiger partial charge is 0.114 e. The van der Waals surface area contributed by atoms with Gasteiger partial charge in [0.15, 0.2) is 0 Å². The van der Waals surface area contributed by atoms with Crippen molar-refractivity contribution in [1.29, 1.82) is 0 Å². The Kier molecular flexibility index (Phi) is 3.73. The maximum Gasteiger partial charge on any atom is 0.114 e. The predicted octanol–water partition coefficient (Wildman–Crippen LogP) is 0.164. The van der Waals surface area contributed by atoms with Gasteiger partial charge in [0.25, 0.3) is 0 Å². The van der Waals surface area contributed by atoms with Crippen molar-refractivity contribution in [3.63, 3.8) is 0 Å². The molecule has 1 aromatic carbocycles. The Balaban J connectivity index is 2.95. The summed E-state index contributed by atoms with van der Waals surface area (Å²) >= 11 is 0. The van der Waals surface area contributed by atoms with Crippen molar-refractivity contribution in [2.45, 2.75) is 58.8 Å². The van der Waals surface area contributed by atoms with E-state index in [0.717, 1.165) is 22.2 Å². The van der Waals surface area contributed by atoms with Gasteiger partial charge in [-0.25, -0.2) is 0 Å². The van der Waals surface area contributed by atoms with E-state index in [9.17, 15) is 0 Å². The first kappa shape index (κ1) is 16.7. The van der Waals surface area contributed by atoms with Crippen LogP contribution in [0.1, 0.15) is 58.2 Å². The Bertz CT molecular complexity index is 601. The Morgan fingerprint density at radius 2 is 1.19 bits per heavy atom. The summed E-state index contributed by atoms with van der Waals surface area (Å²) in [7, 11) is 19.2. The van der Waals surface area contributed by atoms with Crippen LogP contribution in [0.5, 0.6) is 0 Å². The van der Waals surface area contributed by atoms with E-state index in [1.807, 2.05) is 0 Å². The molecule has 0 spiro atoms. The fraction of sp³-hybridized carbons (Fsp3) is 0.647. The highest BCUT2D eigenvalue weighted by Crippen LogP contribution is 2.60. The Morgan fingerprint density at radius 3 is 1.62 bits per heavy atom. The molecule has 4 heteroatoms. The van der Waals surface area contributed by atoms with Crippen molar-refractivity contribution in [2.75, 3.05) is 6.54 Å². The average Bonchev–Trinajstić information content (AvgIpc) is 2.47. The van der Waals surface area contributed by atoms with Gasteiger partial charge in [-0.3, -0.25) is 0 Å². The highest BCUT2D eigenvalue weighted by molar-refractivity contribution is 6.52. The van der Waals surface area contributed by atoms with Crippen LogP contribution in [0, 0.1) is 5.41 Å². The summed E-state index contributed by atoms with van der Waals surface area (Å²) in [4.78, 5) is 0. The minimum atomic E-state index is -0.0978. The quantitative estimate of drug-likeness (QED) is 0.765. The van der Waals surface area contributed by atoms with Crippen molar-refractivity contribution >= 4 is 39.9 Å². The Hall–Kier alpha value is -0.625. The standard InChI is InChI=1S/C17H24B3N/c1-15(2)10-11(16(3,4)17(15,5)6)14(20)13(19)9(7-8-21)12(10)18/h7-8,21H2,1-6H3. The van der Waals surface area contributed by atoms with Crippen LogP contribution in [0.3, 0.4) is 0 Å². The molecule has 1 aromatic rings. The van der Waals surface area contributed by atoms with E-state index in [1.165, 1.54) is 0 Å². The van der Waals surface area contributed by atoms with Gasteiger partial charge in [-0.15, -0.1) is 5.46 Å². The molecule has 0 unspecified atom stereocenters. The van der Waals surface area contributed by atoms with Crippen molar-refractivity contribution in [2.24, 2.45) is 11.1 Å². The molecule has 0 saturated heterocycles. The molecular weight excluding hydrogens is 251 g/mol. The van der Waals surface area contributed by atoms with E-state index in [2.05, 4.69) is 41.5 Å². The number of nitrogens with two attached hydrogens (primary N) is 1. The molecule has 21 heavy (non-hydrogen) atoms. The predicted molar refractivity (Wildman–Crippen MR) is 95.2 cm³/mol. The highest BCUT2D eigenvalue weighted by atomic mass is 14.6. The first-order chi connectivity index (χ1) is 9.42. The molecule has 1 aliphatic carbocycles. The zero-order valence-corrected chi connectivity index (χ0v) is 14.2. The van der Waals surface area contributed by atoms with Crippen molar-refractivity contribution < 1.29 is 0 Å². The molecule has 6 radical (unpaired) electrons. The number of benzene rings is 1. The van der Waals surface area contributed by atoms with Crippen LogP contribution >= 0.6 is 0 Å². The van der Waals surface area contributed by atoms with E-state index in [1.54, 1.807) is 0 Å². The van der Waals surface area contributed by atoms with Crippen LogP contribution in [0.4, 0.5) is 0 Å². The number of hydrogen-bond acceptors (Lipinski definition) is 1. The minimum absolute atomic E-state index is 0.0123. The SMILES string of the molecule is [B]c1c([B])c2c(c([B])c1CCN)C(C)(C)C(C)(C)C2(C)C. The zero-order valence-electron chi connectivity index (χ0n) is 14.2. The molecule has 0 heterocycles. The summed E-state index contributed by atoms with van der Waals surface area (Å²) in [6.07, 6.45) is 0.659. The first-order valence-corrected chi connectivity index (χ1v) is 7.63. The van der Waals surface area contributed by atoms with Gasteiger partial charge in [0.1, 0.15) is 23.5 Å². The van der Waals surface area contributed by atoms with Gasteiger partial charge >= 0.3 is 0 Å². The summed E-state index contributed by atoms with van der Waals surface area (Å²) in [5.74, 6) is 0. The van der Waals surface area contributed by atoms with Crippen LogP contribution in [-0.2, 0) is 17.3 Å². The van der Waals surface area contributed by atoms with E-state index < -0.39 is 0 Å². The lowest BCUT2D eigenvalue weighted by molar-refractivity contribution is 0.125. The van der Waals surface area contributed by atoms with Crippen LogP contribution in [0.25, 0.3) is 0 Å². The second-order valence-corrected chi connectivity index (χ2v) is 7.88. The molecule has 2 rings (SSSR count). The first-order valence-electron chi connectivity index (χ1n) is 7.63. The fourth-order valence-electron chi connectivity index (χ4n) is 3.98. The fourth-order valence-corrected chi connectivity index (χ4v) is 3.98. The van der Waals surface area contributed by atoms with Crippen molar-refractivity contribution in [3.8, 4) is 0 Å². The molecule has 1 nitrogen and oxygen atoms in total. The summed E-state index contributed by atoms with van der Waals surface area (Å²) in [6, 6.07) is 0. The highest BCUT2D eigenvalue weighted by Gasteiger charge is 2.57. The van der Waals surface area contributed by atoms with Crippen LogP contribution in [-0.4, -0.2) is 30.1 Å². The average molecular weight is 275 g/mol. The normalized spacial score (nSPS) is 21.3. The van der Waals surface area contributed by atoms with Gasteiger partial charge in [0.2, 0.25) is 0 Å². The molecule has 2 N–H and O–H groups in total. The topological polar surface area (TPSA) is 26.0 Å². The van der Waals surface area contributed by atoms with E-state index in [4.69, 9.17) is 29.3 Å². The van der Waals surface area contributed by atoms with Gasteiger partial charge in [-0.05, 0) is 40.3 Å². The van der Waals surface area contributed by atoms with Gasteiger partial charge in [0.05, 0.1) is 0 Å². The molecule has 0 atom stereocenters. The molecule has 106 valence electrons. The van der Waals surface area contributed by atoms with Crippen LogP contribution in [0.15, 0.2) is 0 Å². The third-order valence-corrected chi connectivity index (χ3v) is 6.50. The maximum atomic E-state index is 6.52. The van der Waals surface area contributed by atoms with Gasteiger partial charge in [0, 0.05) is 0 Å². The largest absolute Gasteiger partial charge is 0.330 e. The van der Waals surface area contributed by atoms with Gasteiger partial charge in [-0.1, -0.05) is 58.0 Å². The Morgan fingerprint density at radius 1 is 0.762 bits per heavy atom. The van der Waals surface area contributed by atoms with Gasteiger partial charge in [-0.2, -0.15) is 0 Å². The van der Waals surface area contributed by atoms with E-state index >= 15 is 0 Å². The number of fused-ring (bicyclic) bond motifs is 1. The van der Waals surface area contributed by atoms with Crippen LogP contribution in [0.2, 0.25) is 0 Å². The monoisotopic (exact) mass is 275 g/mol. The summed E-state index contributed by atoms with van der Waals surface area (Å²) in [6.45, 7) is 14.0. The van der Waals surface area contributed by atoms with Crippen LogP contribution < -0.4 is 22.1 Å². The lowest BCUT2D eigenvalue weighted by atomic mass is 9.58.